The Bertz CT molecular complexity index is 1130. The maximum atomic E-state index is 12.7. The number of methoxy groups -OCH3 is 1. The third-order valence-electron chi connectivity index (χ3n) is 4.33. The van der Waals surface area contributed by atoms with Crippen LogP contribution in [-0.2, 0) is 0 Å². The van der Waals surface area contributed by atoms with Crippen molar-refractivity contribution < 1.29 is 19.2 Å². The summed E-state index contributed by atoms with van der Waals surface area (Å²) in [6, 6.07) is 17.8. The van der Waals surface area contributed by atoms with Gasteiger partial charge in [0, 0.05) is 17.3 Å². The Balaban J connectivity index is 1.84. The summed E-state index contributed by atoms with van der Waals surface area (Å²) < 4.78 is 4.95. The first kappa shape index (κ1) is 20.5. The minimum absolute atomic E-state index is 0.0504. The third kappa shape index (κ3) is 4.61. The molecule has 2 N–H and O–H groups in total. The lowest BCUT2D eigenvalue weighted by molar-refractivity contribution is -0.385. The van der Waals surface area contributed by atoms with Gasteiger partial charge in [0.05, 0.1) is 23.3 Å². The molecule has 0 fully saturated rings. The van der Waals surface area contributed by atoms with E-state index in [-0.39, 0.29) is 28.3 Å². The maximum Gasteiger partial charge on any atom is 0.311 e. The van der Waals surface area contributed by atoms with Crippen LogP contribution in [0.25, 0.3) is 0 Å². The standard InChI is InChI=1S/C22H19N3O5/c1-14-6-5-7-16(12-14)23-22(27)17-8-3-4-9-18(17)24-21(26)15-10-11-20(30-2)19(13-15)25(28)29/h3-13H,1-2H3,(H,23,27)(H,24,26). The summed E-state index contributed by atoms with van der Waals surface area (Å²) in [4.78, 5) is 36.0. The van der Waals surface area contributed by atoms with Crippen LogP contribution < -0.4 is 15.4 Å². The summed E-state index contributed by atoms with van der Waals surface area (Å²) in [6.45, 7) is 1.91. The molecule has 0 radical (unpaired) electrons. The monoisotopic (exact) mass is 405 g/mol. The number of ether oxygens (including phenoxy) is 1. The molecule has 0 heterocycles. The van der Waals surface area contributed by atoms with Crippen molar-refractivity contribution in [3.05, 3.63) is 93.5 Å². The van der Waals surface area contributed by atoms with Gasteiger partial charge in [-0.1, -0.05) is 24.3 Å². The molecule has 8 nitrogen and oxygen atoms in total. The molecule has 8 heteroatoms. The first-order chi connectivity index (χ1) is 14.4. The highest BCUT2D eigenvalue weighted by Gasteiger charge is 2.20. The zero-order valence-corrected chi connectivity index (χ0v) is 16.3. The van der Waals surface area contributed by atoms with E-state index in [1.165, 1.54) is 19.2 Å². The van der Waals surface area contributed by atoms with E-state index in [1.54, 1.807) is 30.3 Å². The Kier molecular flexibility index (Phi) is 6.07. The quantitative estimate of drug-likeness (QED) is 0.466. The van der Waals surface area contributed by atoms with Crippen LogP contribution >= 0.6 is 0 Å². The second-order valence-corrected chi connectivity index (χ2v) is 6.47. The number of hydrogen-bond donors (Lipinski definition) is 2. The molecule has 0 saturated heterocycles. The summed E-state index contributed by atoms with van der Waals surface area (Å²) >= 11 is 0. The van der Waals surface area contributed by atoms with Gasteiger partial charge in [-0.2, -0.15) is 0 Å². The van der Waals surface area contributed by atoms with Crippen LogP contribution in [0.2, 0.25) is 0 Å². The van der Waals surface area contributed by atoms with Crippen LogP contribution in [0.15, 0.2) is 66.7 Å². The highest BCUT2D eigenvalue weighted by Crippen LogP contribution is 2.28. The Labute approximate surface area is 172 Å². The second-order valence-electron chi connectivity index (χ2n) is 6.47. The predicted molar refractivity (Wildman–Crippen MR) is 113 cm³/mol. The second kappa shape index (κ2) is 8.87. The van der Waals surface area contributed by atoms with Gasteiger partial charge in [-0.05, 0) is 48.9 Å². The minimum atomic E-state index is -0.626. The van der Waals surface area contributed by atoms with Gasteiger partial charge in [0.15, 0.2) is 5.75 Å². The summed E-state index contributed by atoms with van der Waals surface area (Å²) in [7, 11) is 1.31. The number of amides is 2. The van der Waals surface area contributed by atoms with Gasteiger partial charge in [-0.15, -0.1) is 0 Å². The van der Waals surface area contributed by atoms with Crippen molar-refractivity contribution in [3.63, 3.8) is 0 Å². The van der Waals surface area contributed by atoms with E-state index in [0.29, 0.717) is 5.69 Å². The van der Waals surface area contributed by atoms with Crippen molar-refractivity contribution >= 4 is 28.9 Å². The SMILES string of the molecule is COc1ccc(C(=O)Nc2ccccc2C(=O)Nc2cccc(C)c2)cc1[N+](=O)[O-]. The Morgan fingerprint density at radius 3 is 2.40 bits per heavy atom. The number of anilines is 2. The fourth-order valence-electron chi connectivity index (χ4n) is 2.88. The first-order valence-corrected chi connectivity index (χ1v) is 9.00. The molecule has 0 saturated carbocycles. The first-order valence-electron chi connectivity index (χ1n) is 9.00. The van der Waals surface area contributed by atoms with Crippen molar-refractivity contribution in [2.45, 2.75) is 6.92 Å². The Hall–Kier alpha value is -4.20. The molecule has 0 unspecified atom stereocenters. The number of aryl methyl sites for hydroxylation is 1. The van der Waals surface area contributed by atoms with Crippen LogP contribution in [0, 0.1) is 17.0 Å². The molecule has 3 aromatic rings. The largest absolute Gasteiger partial charge is 0.490 e. The highest BCUT2D eigenvalue weighted by molar-refractivity contribution is 6.12. The molecular weight excluding hydrogens is 386 g/mol. The number of nitro groups is 1. The van der Waals surface area contributed by atoms with Crippen LogP contribution in [0.4, 0.5) is 17.1 Å². The van der Waals surface area contributed by atoms with Gasteiger partial charge >= 0.3 is 5.69 Å². The molecule has 0 aliphatic heterocycles. The molecule has 0 aliphatic carbocycles. The molecule has 2 amide bonds. The number of nitro benzene ring substituents is 1. The molecule has 30 heavy (non-hydrogen) atoms. The zero-order chi connectivity index (χ0) is 21.7. The molecule has 0 bridgehead atoms. The number of nitrogens with one attached hydrogen (secondary N) is 2. The van der Waals surface area contributed by atoms with Gasteiger partial charge in [-0.3, -0.25) is 19.7 Å². The topological polar surface area (TPSA) is 111 Å². The van der Waals surface area contributed by atoms with Crippen LogP contribution in [0.5, 0.6) is 5.75 Å². The molecular formula is C22H19N3O5. The fraction of sp³-hybridized carbons (Fsp3) is 0.0909. The molecule has 3 aromatic carbocycles. The number of rotatable bonds is 6. The Morgan fingerprint density at radius 2 is 1.70 bits per heavy atom. The summed E-state index contributed by atoms with van der Waals surface area (Å²) in [5.74, 6) is -0.928. The molecule has 152 valence electrons. The lowest BCUT2D eigenvalue weighted by atomic mass is 10.1. The number of carbonyl (C=O) groups excluding carboxylic acids is 2. The maximum absolute atomic E-state index is 12.7. The van der Waals surface area contributed by atoms with Crippen molar-refractivity contribution in [2.75, 3.05) is 17.7 Å². The zero-order valence-electron chi connectivity index (χ0n) is 16.3. The lowest BCUT2D eigenvalue weighted by Crippen LogP contribution is -2.18. The van der Waals surface area contributed by atoms with Crippen molar-refractivity contribution in [1.82, 2.24) is 0 Å². The molecule has 0 atom stereocenters. The van der Waals surface area contributed by atoms with Gasteiger partial charge < -0.3 is 15.4 Å². The lowest BCUT2D eigenvalue weighted by Gasteiger charge is -2.12. The number of nitrogens with zero attached hydrogens (tertiary/aromatic N) is 1. The average molecular weight is 405 g/mol. The predicted octanol–water partition coefficient (Wildman–Crippen LogP) is 4.42. The van der Waals surface area contributed by atoms with E-state index >= 15 is 0 Å². The molecule has 0 spiro atoms. The third-order valence-corrected chi connectivity index (χ3v) is 4.33. The normalized spacial score (nSPS) is 10.2. The average Bonchev–Trinajstić information content (AvgIpc) is 2.73. The van der Waals surface area contributed by atoms with Crippen molar-refractivity contribution in [2.24, 2.45) is 0 Å². The summed E-state index contributed by atoms with van der Waals surface area (Å²) in [5.41, 5.74) is 1.91. The van der Waals surface area contributed by atoms with Crippen molar-refractivity contribution in [1.29, 1.82) is 0 Å². The van der Waals surface area contributed by atoms with Crippen molar-refractivity contribution in [3.8, 4) is 5.75 Å². The number of para-hydroxylation sites is 1. The van der Waals surface area contributed by atoms with E-state index in [1.807, 2.05) is 25.1 Å². The number of carbonyl (C=O) groups is 2. The molecule has 0 aliphatic rings. The summed E-state index contributed by atoms with van der Waals surface area (Å²) in [5, 5.41) is 16.6. The van der Waals surface area contributed by atoms with Gasteiger partial charge in [0.2, 0.25) is 0 Å². The molecule has 3 rings (SSSR count). The smallest absolute Gasteiger partial charge is 0.311 e. The van der Waals surface area contributed by atoms with Crippen LogP contribution in [0.3, 0.4) is 0 Å². The van der Waals surface area contributed by atoms with Crippen LogP contribution in [-0.4, -0.2) is 23.8 Å². The van der Waals surface area contributed by atoms with E-state index in [9.17, 15) is 19.7 Å². The van der Waals surface area contributed by atoms with E-state index < -0.39 is 16.7 Å². The number of hydrogen-bond acceptors (Lipinski definition) is 5. The minimum Gasteiger partial charge on any atom is -0.490 e. The molecule has 0 aromatic heterocycles. The van der Waals surface area contributed by atoms with Gasteiger partial charge in [0.25, 0.3) is 11.8 Å². The highest BCUT2D eigenvalue weighted by atomic mass is 16.6. The van der Waals surface area contributed by atoms with E-state index in [2.05, 4.69) is 10.6 Å². The van der Waals surface area contributed by atoms with E-state index in [4.69, 9.17) is 4.74 Å². The Morgan fingerprint density at radius 1 is 0.933 bits per heavy atom. The fourth-order valence-corrected chi connectivity index (χ4v) is 2.88. The van der Waals surface area contributed by atoms with Crippen LogP contribution in [0.1, 0.15) is 26.3 Å². The number of benzene rings is 3. The summed E-state index contributed by atoms with van der Waals surface area (Å²) in [6.07, 6.45) is 0. The van der Waals surface area contributed by atoms with Gasteiger partial charge in [-0.25, -0.2) is 0 Å². The van der Waals surface area contributed by atoms with E-state index in [0.717, 1.165) is 11.6 Å². The van der Waals surface area contributed by atoms with Gasteiger partial charge in [0.1, 0.15) is 0 Å².